The number of carbonyl (C=O) groups is 2. The maximum Gasteiger partial charge on any atom is 0.252 e. The number of hydrogen-bond acceptors (Lipinski definition) is 4. The second kappa shape index (κ2) is 6.69. The molecule has 0 atom stereocenters. The highest BCUT2D eigenvalue weighted by atomic mass is 16.2. The molecule has 0 unspecified atom stereocenters. The van der Waals surface area contributed by atoms with Crippen molar-refractivity contribution in [3.05, 3.63) is 35.9 Å². The van der Waals surface area contributed by atoms with Gasteiger partial charge < -0.3 is 16.4 Å². The number of nitrogens with two attached hydrogens (primary N) is 1. The van der Waals surface area contributed by atoms with Crippen molar-refractivity contribution in [1.29, 1.82) is 0 Å². The summed E-state index contributed by atoms with van der Waals surface area (Å²) in [6, 6.07) is 9.15. The number of nitrogens with one attached hydrogen (secondary N) is 2. The van der Waals surface area contributed by atoms with Crippen LogP contribution in [0.5, 0.6) is 0 Å². The third-order valence-electron chi connectivity index (χ3n) is 2.98. The van der Waals surface area contributed by atoms with Crippen molar-refractivity contribution in [1.82, 2.24) is 10.3 Å². The summed E-state index contributed by atoms with van der Waals surface area (Å²) in [5.41, 5.74) is 6.34. The van der Waals surface area contributed by atoms with Crippen LogP contribution in [0.25, 0.3) is 10.9 Å². The molecule has 6 nitrogen and oxygen atoms in total. The lowest BCUT2D eigenvalue weighted by molar-refractivity contribution is -0.117. The number of carbonyl (C=O) groups excluding carboxylic acids is 2. The normalized spacial score (nSPS) is 10.3. The standard InChI is InChI=1S/C15H18N4O2/c1-2-17-14-9-11(15(21)18-8-7-13(16)20)10-5-3-4-6-12(10)19-14/h3-6,9H,2,7-8H2,1H3,(H2,16,20)(H,17,19)(H,18,21). The van der Waals surface area contributed by atoms with E-state index in [1.807, 2.05) is 31.2 Å². The Hall–Kier alpha value is -2.63. The number of primary amides is 1. The first-order chi connectivity index (χ1) is 10.1. The molecular weight excluding hydrogens is 268 g/mol. The molecule has 0 bridgehead atoms. The van der Waals surface area contributed by atoms with Gasteiger partial charge in [0.15, 0.2) is 0 Å². The fourth-order valence-electron chi connectivity index (χ4n) is 2.03. The molecular formula is C15H18N4O2. The first-order valence-corrected chi connectivity index (χ1v) is 6.82. The lowest BCUT2D eigenvalue weighted by Crippen LogP contribution is -2.28. The Morgan fingerprint density at radius 1 is 1.29 bits per heavy atom. The van der Waals surface area contributed by atoms with Crippen molar-refractivity contribution in [2.24, 2.45) is 5.73 Å². The number of hydrogen-bond donors (Lipinski definition) is 3. The molecule has 0 aliphatic carbocycles. The molecule has 0 saturated carbocycles. The van der Waals surface area contributed by atoms with Gasteiger partial charge in [-0.3, -0.25) is 9.59 Å². The van der Waals surface area contributed by atoms with E-state index in [1.54, 1.807) is 6.07 Å². The minimum atomic E-state index is -0.441. The summed E-state index contributed by atoms with van der Waals surface area (Å²) in [6.07, 6.45) is 0.120. The SMILES string of the molecule is CCNc1cc(C(=O)NCCC(N)=O)c2ccccc2n1. The molecule has 0 spiro atoms. The highest BCUT2D eigenvalue weighted by Gasteiger charge is 2.12. The van der Waals surface area contributed by atoms with Gasteiger partial charge in [0.05, 0.1) is 11.1 Å². The first kappa shape index (κ1) is 14.8. The van der Waals surface area contributed by atoms with Crippen molar-refractivity contribution >= 4 is 28.5 Å². The molecule has 6 heteroatoms. The molecule has 110 valence electrons. The number of aromatic nitrogens is 1. The predicted molar refractivity (Wildman–Crippen MR) is 82.1 cm³/mol. The zero-order valence-electron chi connectivity index (χ0n) is 11.8. The van der Waals surface area contributed by atoms with Gasteiger partial charge in [0.25, 0.3) is 5.91 Å². The van der Waals surface area contributed by atoms with Crippen LogP contribution in [-0.4, -0.2) is 29.9 Å². The lowest BCUT2D eigenvalue weighted by atomic mass is 10.1. The number of benzene rings is 1. The molecule has 2 amide bonds. The summed E-state index contributed by atoms with van der Waals surface area (Å²) >= 11 is 0. The summed E-state index contributed by atoms with van der Waals surface area (Å²) in [5, 5.41) is 6.57. The number of fused-ring (bicyclic) bond motifs is 1. The number of rotatable bonds is 6. The number of para-hydroxylation sites is 1. The average molecular weight is 286 g/mol. The highest BCUT2D eigenvalue weighted by molar-refractivity contribution is 6.07. The van der Waals surface area contributed by atoms with E-state index >= 15 is 0 Å². The molecule has 21 heavy (non-hydrogen) atoms. The smallest absolute Gasteiger partial charge is 0.252 e. The summed E-state index contributed by atoms with van der Waals surface area (Å²) in [6.45, 7) is 2.90. The molecule has 1 heterocycles. The Morgan fingerprint density at radius 2 is 2.05 bits per heavy atom. The van der Waals surface area contributed by atoms with E-state index in [0.29, 0.717) is 17.9 Å². The molecule has 1 aromatic heterocycles. The van der Waals surface area contributed by atoms with Crippen LogP contribution >= 0.6 is 0 Å². The Labute approximate surface area is 122 Å². The van der Waals surface area contributed by atoms with E-state index in [0.717, 1.165) is 10.9 Å². The average Bonchev–Trinajstić information content (AvgIpc) is 2.46. The topological polar surface area (TPSA) is 97.1 Å². The number of pyridine rings is 1. The van der Waals surface area contributed by atoms with Crippen LogP contribution in [-0.2, 0) is 4.79 Å². The van der Waals surface area contributed by atoms with Crippen LogP contribution in [0.15, 0.2) is 30.3 Å². The summed E-state index contributed by atoms with van der Waals surface area (Å²) < 4.78 is 0. The molecule has 2 aromatic rings. The van der Waals surface area contributed by atoms with Crippen LogP contribution in [0.3, 0.4) is 0 Å². The van der Waals surface area contributed by atoms with Gasteiger partial charge in [-0.2, -0.15) is 0 Å². The fourth-order valence-corrected chi connectivity index (χ4v) is 2.03. The third-order valence-corrected chi connectivity index (χ3v) is 2.98. The quantitative estimate of drug-likeness (QED) is 0.745. The minimum Gasteiger partial charge on any atom is -0.370 e. The maximum atomic E-state index is 12.3. The zero-order valence-corrected chi connectivity index (χ0v) is 11.8. The Balaban J connectivity index is 2.31. The first-order valence-electron chi connectivity index (χ1n) is 6.82. The van der Waals surface area contributed by atoms with Crippen LogP contribution in [0, 0.1) is 0 Å². The molecule has 4 N–H and O–H groups in total. The van der Waals surface area contributed by atoms with Crippen molar-refractivity contribution in [3.63, 3.8) is 0 Å². The van der Waals surface area contributed by atoms with Crippen molar-refractivity contribution < 1.29 is 9.59 Å². The number of amides is 2. The van der Waals surface area contributed by atoms with E-state index in [2.05, 4.69) is 15.6 Å². The van der Waals surface area contributed by atoms with Gasteiger partial charge in [-0.25, -0.2) is 4.98 Å². The van der Waals surface area contributed by atoms with Gasteiger partial charge in [-0.05, 0) is 19.1 Å². The molecule has 0 saturated heterocycles. The van der Waals surface area contributed by atoms with E-state index in [1.165, 1.54) is 0 Å². The zero-order chi connectivity index (χ0) is 15.2. The Morgan fingerprint density at radius 3 is 2.76 bits per heavy atom. The van der Waals surface area contributed by atoms with Crippen molar-refractivity contribution in [2.45, 2.75) is 13.3 Å². The van der Waals surface area contributed by atoms with Crippen LogP contribution in [0.2, 0.25) is 0 Å². The van der Waals surface area contributed by atoms with Gasteiger partial charge in [0.2, 0.25) is 5.91 Å². The van der Waals surface area contributed by atoms with Crippen molar-refractivity contribution in [2.75, 3.05) is 18.4 Å². The maximum absolute atomic E-state index is 12.3. The van der Waals surface area contributed by atoms with E-state index < -0.39 is 5.91 Å². The fraction of sp³-hybridized carbons (Fsp3) is 0.267. The van der Waals surface area contributed by atoms with E-state index in [9.17, 15) is 9.59 Å². The van der Waals surface area contributed by atoms with E-state index in [-0.39, 0.29) is 18.9 Å². The largest absolute Gasteiger partial charge is 0.370 e. The summed E-state index contributed by atoms with van der Waals surface area (Å²) in [5.74, 6) is -0.0338. The number of nitrogens with zero attached hydrogens (tertiary/aromatic N) is 1. The second-order valence-corrected chi connectivity index (χ2v) is 4.57. The highest BCUT2D eigenvalue weighted by Crippen LogP contribution is 2.20. The van der Waals surface area contributed by atoms with Gasteiger partial charge in [-0.15, -0.1) is 0 Å². The molecule has 0 aliphatic rings. The third kappa shape index (κ3) is 3.68. The van der Waals surface area contributed by atoms with Crippen molar-refractivity contribution in [3.8, 4) is 0 Å². The molecule has 0 aliphatic heterocycles. The Bertz CT molecular complexity index is 670. The van der Waals surface area contributed by atoms with Crippen LogP contribution < -0.4 is 16.4 Å². The lowest BCUT2D eigenvalue weighted by Gasteiger charge is -2.10. The second-order valence-electron chi connectivity index (χ2n) is 4.57. The summed E-state index contributed by atoms with van der Waals surface area (Å²) in [4.78, 5) is 27.4. The predicted octanol–water partition coefficient (Wildman–Crippen LogP) is 1.27. The Kier molecular flexibility index (Phi) is 4.71. The van der Waals surface area contributed by atoms with Gasteiger partial charge in [0.1, 0.15) is 5.82 Å². The minimum absolute atomic E-state index is 0.120. The van der Waals surface area contributed by atoms with Gasteiger partial charge in [0, 0.05) is 24.9 Å². The van der Waals surface area contributed by atoms with Gasteiger partial charge in [-0.1, -0.05) is 18.2 Å². The monoisotopic (exact) mass is 286 g/mol. The molecule has 0 radical (unpaired) electrons. The van der Waals surface area contributed by atoms with Gasteiger partial charge >= 0.3 is 0 Å². The molecule has 2 rings (SSSR count). The van der Waals surface area contributed by atoms with E-state index in [4.69, 9.17) is 5.73 Å². The van der Waals surface area contributed by atoms with Crippen LogP contribution in [0.4, 0.5) is 5.82 Å². The number of anilines is 1. The molecule has 1 aromatic carbocycles. The summed E-state index contributed by atoms with van der Waals surface area (Å²) in [7, 11) is 0. The van der Waals surface area contributed by atoms with Crippen LogP contribution in [0.1, 0.15) is 23.7 Å². The molecule has 0 fully saturated rings.